The lowest BCUT2D eigenvalue weighted by Crippen LogP contribution is -2.45. The van der Waals surface area contributed by atoms with Crippen LogP contribution in [-0.4, -0.2) is 31.6 Å². The first-order valence-electron chi connectivity index (χ1n) is 7.61. The fourth-order valence-corrected chi connectivity index (χ4v) is 2.84. The van der Waals surface area contributed by atoms with Gasteiger partial charge in [-0.05, 0) is 30.3 Å². The van der Waals surface area contributed by atoms with Crippen LogP contribution in [0.25, 0.3) is 0 Å². The van der Waals surface area contributed by atoms with Gasteiger partial charge in [-0.1, -0.05) is 18.2 Å². The van der Waals surface area contributed by atoms with Crippen molar-refractivity contribution in [3.05, 3.63) is 65.5 Å². The fraction of sp³-hybridized carbons (Fsp3) is 0.263. The minimum Gasteiger partial charge on any atom is -0.497 e. The Hall–Kier alpha value is -2.82. The van der Waals surface area contributed by atoms with Crippen molar-refractivity contribution in [1.82, 2.24) is 0 Å². The van der Waals surface area contributed by atoms with Crippen LogP contribution in [0.1, 0.15) is 23.2 Å². The number of Topliss-reactive ketones (excluding diaryl/α,β-unsaturated/α-hetero) is 1. The number of esters is 1. The van der Waals surface area contributed by atoms with Gasteiger partial charge in [0.05, 0.1) is 20.6 Å². The van der Waals surface area contributed by atoms with Gasteiger partial charge in [-0.3, -0.25) is 9.59 Å². The van der Waals surface area contributed by atoms with E-state index < -0.39 is 11.6 Å². The monoisotopic (exact) mass is 326 g/mol. The van der Waals surface area contributed by atoms with Gasteiger partial charge in [-0.15, -0.1) is 0 Å². The third-order valence-corrected chi connectivity index (χ3v) is 4.19. The molecule has 1 aromatic rings. The molecule has 3 rings (SSSR count). The average molecular weight is 326 g/mol. The average Bonchev–Trinajstić information content (AvgIpc) is 3.08. The first kappa shape index (κ1) is 16.1. The highest BCUT2D eigenvalue weighted by molar-refractivity contribution is 6.05. The normalized spacial score (nSPS) is 21.2. The molecule has 2 aliphatic rings. The maximum Gasteiger partial charge on any atom is 0.310 e. The van der Waals surface area contributed by atoms with E-state index in [0.717, 1.165) is 5.57 Å². The minimum absolute atomic E-state index is 0.143. The van der Waals surface area contributed by atoms with Crippen molar-refractivity contribution in [1.29, 1.82) is 0 Å². The topological polar surface area (TPSA) is 61.8 Å². The molecule has 1 heterocycles. The van der Waals surface area contributed by atoms with E-state index >= 15 is 0 Å². The summed E-state index contributed by atoms with van der Waals surface area (Å²) in [5.41, 5.74) is 0.101. The summed E-state index contributed by atoms with van der Waals surface area (Å²) in [6.07, 6.45) is 7.64. The zero-order valence-corrected chi connectivity index (χ0v) is 13.6. The second-order valence-electron chi connectivity index (χ2n) is 5.66. The molecule has 5 heteroatoms. The number of rotatable bonds is 5. The molecule has 0 saturated heterocycles. The van der Waals surface area contributed by atoms with Crippen LogP contribution in [0.3, 0.4) is 0 Å². The number of benzene rings is 1. The van der Waals surface area contributed by atoms with Gasteiger partial charge in [-0.2, -0.15) is 0 Å². The molecule has 24 heavy (non-hydrogen) atoms. The molecule has 0 bridgehead atoms. The maximum absolute atomic E-state index is 13.1. The van der Waals surface area contributed by atoms with Crippen molar-refractivity contribution in [3.8, 4) is 5.75 Å². The third kappa shape index (κ3) is 2.85. The summed E-state index contributed by atoms with van der Waals surface area (Å²) >= 11 is 0. The molecule has 0 spiro atoms. The first-order valence-corrected chi connectivity index (χ1v) is 7.61. The lowest BCUT2D eigenvalue weighted by Gasteiger charge is -2.35. The highest BCUT2D eigenvalue weighted by Crippen LogP contribution is 2.38. The largest absolute Gasteiger partial charge is 0.497 e. The second kappa shape index (κ2) is 6.35. The van der Waals surface area contributed by atoms with Crippen molar-refractivity contribution in [2.24, 2.45) is 0 Å². The van der Waals surface area contributed by atoms with Crippen molar-refractivity contribution < 1.29 is 23.8 Å². The first-order chi connectivity index (χ1) is 11.6. The molecule has 5 nitrogen and oxygen atoms in total. The van der Waals surface area contributed by atoms with E-state index in [-0.39, 0.29) is 12.2 Å². The maximum atomic E-state index is 13.1. The molecule has 1 aliphatic heterocycles. The summed E-state index contributed by atoms with van der Waals surface area (Å²) in [5.74, 6) is 0.522. The zero-order chi connectivity index (χ0) is 17.2. The van der Waals surface area contributed by atoms with Crippen LogP contribution in [-0.2, 0) is 14.3 Å². The van der Waals surface area contributed by atoms with Gasteiger partial charge in [0.1, 0.15) is 11.5 Å². The van der Waals surface area contributed by atoms with Crippen molar-refractivity contribution >= 4 is 11.8 Å². The summed E-state index contributed by atoms with van der Waals surface area (Å²) in [4.78, 5) is 25.0. The molecule has 0 N–H and O–H groups in total. The molecule has 1 unspecified atom stereocenters. The molecule has 1 aromatic carbocycles. The predicted octanol–water partition coefficient (Wildman–Crippen LogP) is 2.98. The van der Waals surface area contributed by atoms with Crippen LogP contribution in [0.4, 0.5) is 0 Å². The molecule has 0 saturated carbocycles. The van der Waals surface area contributed by atoms with E-state index in [1.165, 1.54) is 7.11 Å². The van der Waals surface area contributed by atoms with Crippen molar-refractivity contribution in [3.63, 3.8) is 0 Å². The lowest BCUT2D eigenvalue weighted by atomic mass is 9.84. The fourth-order valence-electron chi connectivity index (χ4n) is 2.84. The molecule has 124 valence electrons. The van der Waals surface area contributed by atoms with E-state index in [0.29, 0.717) is 23.5 Å². The number of ketones is 1. The lowest BCUT2D eigenvalue weighted by molar-refractivity contribution is -0.145. The Balaban J connectivity index is 1.95. The Morgan fingerprint density at radius 3 is 2.62 bits per heavy atom. The number of fused-ring (bicyclic) bond motifs is 1. The molecule has 1 atom stereocenters. The summed E-state index contributed by atoms with van der Waals surface area (Å²) in [7, 11) is 2.86. The summed E-state index contributed by atoms with van der Waals surface area (Å²) in [6, 6.07) is 6.76. The van der Waals surface area contributed by atoms with Gasteiger partial charge >= 0.3 is 5.97 Å². The van der Waals surface area contributed by atoms with Crippen molar-refractivity contribution in [2.45, 2.75) is 18.4 Å². The quantitative estimate of drug-likeness (QED) is 0.615. The van der Waals surface area contributed by atoms with Crippen LogP contribution in [0, 0.1) is 0 Å². The third-order valence-electron chi connectivity index (χ3n) is 4.19. The standard InChI is InChI=1S/C19H18O5/c1-22-15-8-6-14(7-9-15)18(21)19(12-17(20)23-2)11-10-13-4-3-5-16(13)24-19/h3-10H,11-12H2,1-2H3. The second-order valence-corrected chi connectivity index (χ2v) is 5.66. The number of carbonyl (C=O) groups excluding carboxylic acids is 2. The van der Waals surface area contributed by atoms with E-state index in [2.05, 4.69) is 0 Å². The molecular weight excluding hydrogens is 308 g/mol. The number of methoxy groups -OCH3 is 2. The van der Waals surface area contributed by atoms with Crippen LogP contribution in [0.2, 0.25) is 0 Å². The van der Waals surface area contributed by atoms with Gasteiger partial charge < -0.3 is 14.2 Å². The molecule has 1 aliphatic carbocycles. The minimum atomic E-state index is -1.29. The van der Waals surface area contributed by atoms with Gasteiger partial charge in [0, 0.05) is 17.6 Å². The Labute approximate surface area is 140 Å². The summed E-state index contributed by atoms with van der Waals surface area (Å²) in [5, 5.41) is 0. The van der Waals surface area contributed by atoms with Crippen molar-refractivity contribution in [2.75, 3.05) is 14.2 Å². The van der Waals surface area contributed by atoms with E-state index in [4.69, 9.17) is 14.2 Å². The molecule has 0 amide bonds. The predicted molar refractivity (Wildman–Crippen MR) is 87.7 cm³/mol. The number of ether oxygens (including phenoxy) is 3. The summed E-state index contributed by atoms with van der Waals surface area (Å²) < 4.78 is 15.9. The van der Waals surface area contributed by atoms with Crippen LogP contribution < -0.4 is 4.74 Å². The Morgan fingerprint density at radius 1 is 1.21 bits per heavy atom. The SMILES string of the molecule is COC(=O)CC1(C(=O)c2ccc(OC)cc2)CC=C2C=CC=C2O1. The van der Waals surface area contributed by atoms with E-state index in [1.54, 1.807) is 37.5 Å². The van der Waals surface area contributed by atoms with E-state index in [9.17, 15) is 9.59 Å². The number of carbonyl (C=O) groups is 2. The van der Waals surface area contributed by atoms with Crippen LogP contribution in [0.15, 0.2) is 59.9 Å². The molecule has 0 aromatic heterocycles. The molecule has 0 radical (unpaired) electrons. The Morgan fingerprint density at radius 2 is 1.96 bits per heavy atom. The highest BCUT2D eigenvalue weighted by atomic mass is 16.5. The Bertz CT molecular complexity index is 754. The van der Waals surface area contributed by atoms with Gasteiger partial charge in [-0.25, -0.2) is 0 Å². The van der Waals surface area contributed by atoms with Gasteiger partial charge in [0.15, 0.2) is 5.60 Å². The van der Waals surface area contributed by atoms with Crippen LogP contribution in [0.5, 0.6) is 5.75 Å². The summed E-state index contributed by atoms with van der Waals surface area (Å²) in [6.45, 7) is 0. The van der Waals surface area contributed by atoms with Crippen LogP contribution >= 0.6 is 0 Å². The molecular formula is C19H18O5. The van der Waals surface area contributed by atoms with E-state index in [1.807, 2.05) is 18.2 Å². The number of hydrogen-bond acceptors (Lipinski definition) is 5. The number of allylic oxidation sites excluding steroid dienone is 3. The number of hydrogen-bond donors (Lipinski definition) is 0. The Kier molecular flexibility index (Phi) is 4.25. The smallest absolute Gasteiger partial charge is 0.310 e. The van der Waals surface area contributed by atoms with Gasteiger partial charge in [0.2, 0.25) is 5.78 Å². The van der Waals surface area contributed by atoms with Gasteiger partial charge in [0.25, 0.3) is 0 Å². The molecule has 0 fully saturated rings. The highest BCUT2D eigenvalue weighted by Gasteiger charge is 2.46. The zero-order valence-electron chi connectivity index (χ0n) is 13.6.